The molecule has 0 saturated heterocycles. The van der Waals surface area contributed by atoms with Gasteiger partial charge in [0, 0.05) is 37.0 Å². The van der Waals surface area contributed by atoms with Gasteiger partial charge in [0.05, 0.1) is 6.61 Å². The Morgan fingerprint density at radius 3 is 2.23 bits per heavy atom. The Balaban J connectivity index is 1.68. The van der Waals surface area contributed by atoms with Gasteiger partial charge in [-0.3, -0.25) is 14.4 Å². The molecule has 0 aliphatic heterocycles. The second kappa shape index (κ2) is 10.8. The molecule has 9 atom stereocenters. The average molecular weight is 545 g/mol. The largest absolute Gasteiger partial charge is 0.465 e. The van der Waals surface area contributed by atoms with E-state index >= 15 is 0 Å². The van der Waals surface area contributed by atoms with E-state index in [4.69, 9.17) is 9.47 Å². The second-order valence-electron chi connectivity index (χ2n) is 15.6. The Hall–Kier alpha value is -1.39. The van der Waals surface area contributed by atoms with Crippen molar-refractivity contribution >= 4 is 17.7 Å². The maximum Gasteiger partial charge on any atom is 0.302 e. The van der Waals surface area contributed by atoms with Crippen molar-refractivity contribution < 1.29 is 23.9 Å². The number of fused-ring (bicyclic) bond motifs is 5. The van der Waals surface area contributed by atoms with Crippen LogP contribution < -0.4 is 0 Å². The molecule has 0 aromatic rings. The number of esters is 2. The molecular formula is C34H56O5. The molecule has 9 unspecified atom stereocenters. The van der Waals surface area contributed by atoms with Crippen LogP contribution in [-0.4, -0.2) is 30.4 Å². The smallest absolute Gasteiger partial charge is 0.302 e. The molecule has 0 bridgehead atoms. The highest BCUT2D eigenvalue weighted by molar-refractivity contribution is 5.85. The van der Waals surface area contributed by atoms with Crippen molar-refractivity contribution in [3.05, 3.63) is 0 Å². The number of ketones is 1. The van der Waals surface area contributed by atoms with E-state index in [0.717, 1.165) is 38.5 Å². The zero-order valence-corrected chi connectivity index (χ0v) is 26.4. The van der Waals surface area contributed by atoms with Crippen LogP contribution in [0.4, 0.5) is 0 Å². The van der Waals surface area contributed by atoms with Gasteiger partial charge in [-0.1, -0.05) is 67.7 Å². The number of carbonyl (C=O) groups excluding carboxylic acids is 3. The van der Waals surface area contributed by atoms with Crippen molar-refractivity contribution in [2.75, 3.05) is 6.61 Å². The number of ether oxygens (including phenoxy) is 2. The highest BCUT2D eigenvalue weighted by Crippen LogP contribution is 2.74. The minimum absolute atomic E-state index is 0.0249. The lowest BCUT2D eigenvalue weighted by Gasteiger charge is -2.67. The molecule has 0 amide bonds. The van der Waals surface area contributed by atoms with E-state index in [9.17, 15) is 14.4 Å². The Morgan fingerprint density at radius 2 is 1.62 bits per heavy atom. The van der Waals surface area contributed by atoms with Crippen LogP contribution in [0.25, 0.3) is 0 Å². The fraction of sp³-hybridized carbons (Fsp3) is 0.912. The Morgan fingerprint density at radius 1 is 0.923 bits per heavy atom. The van der Waals surface area contributed by atoms with Gasteiger partial charge in [-0.15, -0.1) is 0 Å². The predicted octanol–water partition coefficient (Wildman–Crippen LogP) is 7.79. The van der Waals surface area contributed by atoms with E-state index in [0.29, 0.717) is 48.4 Å². The van der Waals surface area contributed by atoms with Gasteiger partial charge in [-0.25, -0.2) is 0 Å². The molecule has 5 heteroatoms. The van der Waals surface area contributed by atoms with Crippen LogP contribution in [0.1, 0.15) is 127 Å². The fourth-order valence-corrected chi connectivity index (χ4v) is 10.9. The van der Waals surface area contributed by atoms with Gasteiger partial charge in [0.25, 0.3) is 0 Å². The summed E-state index contributed by atoms with van der Waals surface area (Å²) in [4.78, 5) is 38.6. The summed E-state index contributed by atoms with van der Waals surface area (Å²) < 4.78 is 11.7. The fourth-order valence-electron chi connectivity index (χ4n) is 10.9. The third-order valence-electron chi connectivity index (χ3n) is 12.8. The summed E-state index contributed by atoms with van der Waals surface area (Å²) in [6.07, 6.45) is 10.1. The normalized spacial score (nSPS) is 41.8. The van der Waals surface area contributed by atoms with E-state index in [1.807, 2.05) is 0 Å². The highest BCUT2D eigenvalue weighted by Gasteiger charge is 2.71. The average Bonchev–Trinajstić information content (AvgIpc) is 3.12. The first-order valence-corrected chi connectivity index (χ1v) is 15.9. The second-order valence-corrected chi connectivity index (χ2v) is 15.6. The standard InChI is InChI=1S/C34H56O5/c1-21(2)11-10-12-22(3)25-15-18-33(9)26-13-14-28-31(6,7)29(39-24(5)36)16-17-32(28,8)30(26)27(37)19-34(25,33)20-38-23(4)35/h21-22,25-26,28-30H,10-20H2,1-9H3. The van der Waals surface area contributed by atoms with Crippen molar-refractivity contribution in [1.82, 2.24) is 0 Å². The quantitative estimate of drug-likeness (QED) is 0.292. The summed E-state index contributed by atoms with van der Waals surface area (Å²) >= 11 is 0. The molecule has 5 nitrogen and oxygen atoms in total. The molecule has 0 heterocycles. The topological polar surface area (TPSA) is 69.7 Å². The number of rotatable bonds is 8. The van der Waals surface area contributed by atoms with Crippen LogP contribution in [0.15, 0.2) is 0 Å². The van der Waals surface area contributed by atoms with Gasteiger partial charge >= 0.3 is 11.9 Å². The van der Waals surface area contributed by atoms with Gasteiger partial charge in [-0.2, -0.15) is 0 Å². The summed E-state index contributed by atoms with van der Waals surface area (Å²) in [5.41, 5.74) is -0.567. The lowest BCUT2D eigenvalue weighted by Crippen LogP contribution is -2.65. The Kier molecular flexibility index (Phi) is 8.45. The first-order valence-electron chi connectivity index (χ1n) is 15.9. The van der Waals surface area contributed by atoms with Gasteiger partial charge in [0.2, 0.25) is 0 Å². The summed E-state index contributed by atoms with van der Waals surface area (Å²) in [7, 11) is 0. The monoisotopic (exact) mass is 544 g/mol. The van der Waals surface area contributed by atoms with Crippen molar-refractivity contribution in [2.45, 2.75) is 133 Å². The predicted molar refractivity (Wildman–Crippen MR) is 154 cm³/mol. The maximum atomic E-state index is 14.5. The summed E-state index contributed by atoms with van der Waals surface area (Å²) in [6.45, 7) is 19.7. The first-order chi connectivity index (χ1) is 18.1. The van der Waals surface area contributed by atoms with Crippen LogP contribution in [-0.2, 0) is 23.9 Å². The highest BCUT2D eigenvalue weighted by atomic mass is 16.5. The summed E-state index contributed by atoms with van der Waals surface area (Å²) in [6, 6.07) is 0. The molecular weight excluding hydrogens is 488 g/mol. The molecule has 4 rings (SSSR count). The SMILES string of the molecule is CC(=O)OCC12CC(=O)C3C(CCC4C(C)(C)C(OC(C)=O)CCC34C)C1(C)CCC2C(C)CCCC(C)C. The van der Waals surface area contributed by atoms with Gasteiger partial charge in [-0.05, 0) is 78.9 Å². The lowest BCUT2D eigenvalue weighted by molar-refractivity contribution is -0.215. The summed E-state index contributed by atoms with van der Waals surface area (Å²) in [5, 5.41) is 0. The van der Waals surface area contributed by atoms with Gasteiger partial charge in [0.15, 0.2) is 0 Å². The lowest BCUT2D eigenvalue weighted by atomic mass is 9.37. The van der Waals surface area contributed by atoms with Crippen molar-refractivity contribution in [1.29, 1.82) is 0 Å². The van der Waals surface area contributed by atoms with Crippen LogP contribution in [0.2, 0.25) is 0 Å². The molecule has 4 aliphatic carbocycles. The number of carbonyl (C=O) groups is 3. The minimum atomic E-state index is -0.276. The van der Waals surface area contributed by atoms with E-state index < -0.39 is 0 Å². The molecule has 4 saturated carbocycles. The van der Waals surface area contributed by atoms with Gasteiger partial charge < -0.3 is 9.47 Å². The third kappa shape index (κ3) is 5.00. The van der Waals surface area contributed by atoms with E-state index in [2.05, 4.69) is 48.5 Å². The van der Waals surface area contributed by atoms with Crippen molar-refractivity contribution in [3.63, 3.8) is 0 Å². The van der Waals surface area contributed by atoms with Crippen molar-refractivity contribution in [2.24, 2.45) is 57.2 Å². The van der Waals surface area contributed by atoms with E-state index in [-0.39, 0.29) is 45.6 Å². The molecule has 0 aromatic heterocycles. The molecule has 0 spiro atoms. The zero-order chi connectivity index (χ0) is 29.0. The van der Waals surface area contributed by atoms with Crippen LogP contribution in [0.5, 0.6) is 0 Å². The summed E-state index contributed by atoms with van der Waals surface area (Å²) in [5.74, 6) is 2.25. The van der Waals surface area contributed by atoms with Crippen molar-refractivity contribution in [3.8, 4) is 0 Å². The molecule has 4 aliphatic rings. The molecule has 4 fully saturated rings. The molecule has 222 valence electrons. The molecule has 0 N–H and O–H groups in total. The number of hydrogen-bond donors (Lipinski definition) is 0. The van der Waals surface area contributed by atoms with E-state index in [1.54, 1.807) is 0 Å². The van der Waals surface area contributed by atoms with E-state index in [1.165, 1.54) is 33.1 Å². The van der Waals surface area contributed by atoms with Gasteiger partial charge in [0.1, 0.15) is 11.9 Å². The Bertz CT molecular complexity index is 953. The van der Waals surface area contributed by atoms with Crippen LogP contribution in [0.3, 0.4) is 0 Å². The molecule has 39 heavy (non-hydrogen) atoms. The first kappa shape index (κ1) is 30.6. The number of hydrogen-bond acceptors (Lipinski definition) is 5. The third-order valence-corrected chi connectivity index (χ3v) is 12.8. The molecule has 0 aromatic carbocycles. The Labute approximate surface area is 237 Å². The zero-order valence-electron chi connectivity index (χ0n) is 26.4. The maximum absolute atomic E-state index is 14.5. The number of Topliss-reactive ketones (excluding diaryl/α,β-unsaturated/α-hetero) is 1. The molecule has 0 radical (unpaired) electrons. The van der Waals surface area contributed by atoms with Crippen LogP contribution in [0, 0.1) is 57.2 Å². The minimum Gasteiger partial charge on any atom is -0.465 e. The van der Waals surface area contributed by atoms with Crippen LogP contribution >= 0.6 is 0 Å².